The molecule has 0 aliphatic carbocycles. The molecule has 0 saturated carbocycles. The molecule has 5 rings (SSSR count). The molecule has 4 N–H and O–H groups in total. The zero-order valence-electron chi connectivity index (χ0n) is 20.5. The van der Waals surface area contributed by atoms with Crippen molar-refractivity contribution in [3.05, 3.63) is 66.2 Å². The molecule has 1 saturated heterocycles. The van der Waals surface area contributed by atoms with Gasteiger partial charge in [-0.25, -0.2) is 15.0 Å². The average molecular weight is 544 g/mol. The Bertz CT molecular complexity index is 1480. The van der Waals surface area contributed by atoms with E-state index in [0.717, 1.165) is 11.1 Å². The largest absolute Gasteiger partial charge is 0.405 e. The number of halogens is 3. The summed E-state index contributed by atoms with van der Waals surface area (Å²) in [4.78, 5) is 30.1. The molecule has 39 heavy (non-hydrogen) atoms. The van der Waals surface area contributed by atoms with Crippen LogP contribution in [0, 0.1) is 6.92 Å². The van der Waals surface area contributed by atoms with E-state index < -0.39 is 43.2 Å². The van der Waals surface area contributed by atoms with E-state index in [1.54, 1.807) is 17.7 Å². The van der Waals surface area contributed by atoms with Crippen LogP contribution in [0.3, 0.4) is 0 Å². The first-order chi connectivity index (χ1) is 18.6. The number of aromatic nitrogens is 5. The summed E-state index contributed by atoms with van der Waals surface area (Å²) in [5, 5.41) is 26.0. The number of carbonyl (C=O) groups excluding carboxylic acids is 1. The van der Waals surface area contributed by atoms with Crippen molar-refractivity contribution < 1.29 is 32.9 Å². The van der Waals surface area contributed by atoms with Crippen molar-refractivity contribution in [1.29, 1.82) is 0 Å². The van der Waals surface area contributed by atoms with Crippen molar-refractivity contribution in [2.24, 2.45) is 0 Å². The smallest absolute Gasteiger partial charge is 0.387 e. The van der Waals surface area contributed by atoms with Crippen molar-refractivity contribution in [1.82, 2.24) is 29.8 Å². The number of nitrogens with zero attached hydrogens (tertiary/aromatic N) is 5. The maximum absolute atomic E-state index is 12.6. The van der Waals surface area contributed by atoms with Crippen molar-refractivity contribution >= 4 is 22.9 Å². The fraction of sp³-hybridized carbons (Fsp3) is 0.320. The van der Waals surface area contributed by atoms with E-state index in [9.17, 15) is 28.2 Å². The number of aliphatic hydroxyl groups excluding tert-OH is 2. The number of benzene rings is 1. The van der Waals surface area contributed by atoms with Gasteiger partial charge in [-0.15, -0.1) is 0 Å². The van der Waals surface area contributed by atoms with Gasteiger partial charge >= 0.3 is 6.18 Å². The zero-order valence-corrected chi connectivity index (χ0v) is 20.5. The third-order valence-electron chi connectivity index (χ3n) is 6.09. The van der Waals surface area contributed by atoms with Gasteiger partial charge in [0.1, 0.15) is 18.8 Å². The molecule has 1 amide bonds. The number of nitrogens with one attached hydrogen (secondary N) is 2. The highest BCUT2D eigenvalue weighted by Crippen LogP contribution is 2.34. The van der Waals surface area contributed by atoms with E-state index in [2.05, 4.69) is 25.3 Å². The normalized spacial score (nSPS) is 21.3. The number of aliphatic hydroxyl groups is 2. The van der Waals surface area contributed by atoms with Crippen molar-refractivity contribution in [3.8, 4) is 11.4 Å². The number of carbonyl (C=O) groups is 1. The summed E-state index contributed by atoms with van der Waals surface area (Å²) in [5.41, 5.74) is 2.96. The molecule has 1 aliphatic heterocycles. The second kappa shape index (κ2) is 10.6. The van der Waals surface area contributed by atoms with Gasteiger partial charge in [0.2, 0.25) is 0 Å². The van der Waals surface area contributed by atoms with Gasteiger partial charge in [0, 0.05) is 24.5 Å². The Hall–Kier alpha value is -4.14. The summed E-state index contributed by atoms with van der Waals surface area (Å²) in [5.74, 6) is -0.563. The monoisotopic (exact) mass is 543 g/mol. The Morgan fingerprint density at radius 3 is 2.62 bits per heavy atom. The van der Waals surface area contributed by atoms with Crippen LogP contribution in [0.25, 0.3) is 22.6 Å². The van der Waals surface area contributed by atoms with Crippen molar-refractivity contribution in [2.45, 2.75) is 44.2 Å². The second-order valence-corrected chi connectivity index (χ2v) is 9.07. The standard InChI is InChI=1S/C25H24F3N7O4/c1-13-7-15(10-29-8-13)20-33-21(30-9-14-5-3-2-4-6-14)16-22(34-20)35(12-32-16)24-18(37)17(36)19(39-24)23(38)31-11-25(26,27)28/h2-8,10,12,17-19,24,36-37H,9,11H2,1H3,(H,31,38)(H,30,33,34)/t17-,18+,19-,24+/m0/s1. The number of amides is 1. The second-order valence-electron chi connectivity index (χ2n) is 9.07. The first-order valence-electron chi connectivity index (χ1n) is 11.9. The number of hydrogen-bond acceptors (Lipinski definition) is 9. The molecule has 3 aromatic heterocycles. The molecule has 1 aromatic carbocycles. The number of imidazole rings is 1. The minimum atomic E-state index is -4.65. The molecule has 4 aromatic rings. The lowest BCUT2D eigenvalue weighted by Gasteiger charge is -2.17. The van der Waals surface area contributed by atoms with Crippen LogP contribution >= 0.6 is 0 Å². The molecule has 0 bridgehead atoms. The van der Waals surface area contributed by atoms with Gasteiger partial charge in [0.15, 0.2) is 35.1 Å². The molecule has 4 atom stereocenters. The average Bonchev–Trinajstić information content (AvgIpc) is 3.46. The number of ether oxygens (including phenoxy) is 1. The highest BCUT2D eigenvalue weighted by molar-refractivity contribution is 5.85. The fourth-order valence-electron chi connectivity index (χ4n) is 4.21. The Balaban J connectivity index is 1.51. The summed E-state index contributed by atoms with van der Waals surface area (Å²) in [6.07, 6.45) is -6.67. The number of hydrogen-bond donors (Lipinski definition) is 4. The topological polar surface area (TPSA) is 147 Å². The molecule has 14 heteroatoms. The van der Waals surface area contributed by atoms with Gasteiger partial charge in [-0.3, -0.25) is 14.3 Å². The number of anilines is 1. The highest BCUT2D eigenvalue weighted by Gasteiger charge is 2.48. The summed E-state index contributed by atoms with van der Waals surface area (Å²) >= 11 is 0. The first kappa shape index (κ1) is 26.5. The van der Waals surface area contributed by atoms with Gasteiger partial charge < -0.3 is 25.6 Å². The van der Waals surface area contributed by atoms with Crippen LogP contribution in [0.4, 0.5) is 19.0 Å². The fourth-order valence-corrected chi connectivity index (χ4v) is 4.21. The highest BCUT2D eigenvalue weighted by atomic mass is 19.4. The SMILES string of the molecule is Cc1cncc(-c2nc(NCc3ccccc3)c3ncn([C@@H]4O[C@H](C(=O)NCC(F)(F)F)[C@@H](O)[C@H]4O)c3n2)c1. The van der Waals surface area contributed by atoms with Crippen LogP contribution in [0.15, 0.2) is 55.1 Å². The molecule has 1 fully saturated rings. The molecular formula is C25H24F3N7O4. The van der Waals surface area contributed by atoms with Crippen molar-refractivity contribution in [3.63, 3.8) is 0 Å². The van der Waals surface area contributed by atoms with Gasteiger partial charge in [-0.1, -0.05) is 30.3 Å². The van der Waals surface area contributed by atoms with Crippen LogP contribution in [0.5, 0.6) is 0 Å². The van der Waals surface area contributed by atoms with E-state index in [-0.39, 0.29) is 11.5 Å². The number of alkyl halides is 3. The molecule has 0 spiro atoms. The maximum atomic E-state index is 12.6. The molecule has 204 valence electrons. The molecular weight excluding hydrogens is 519 g/mol. The first-order valence-corrected chi connectivity index (χ1v) is 11.9. The Kier molecular flexibility index (Phi) is 7.16. The summed E-state index contributed by atoms with van der Waals surface area (Å²) in [6, 6.07) is 11.4. The summed E-state index contributed by atoms with van der Waals surface area (Å²) < 4.78 is 44.5. The van der Waals surface area contributed by atoms with E-state index in [1.165, 1.54) is 10.9 Å². The van der Waals surface area contributed by atoms with Gasteiger partial charge in [-0.2, -0.15) is 13.2 Å². The zero-order chi connectivity index (χ0) is 27.7. The van der Waals surface area contributed by atoms with E-state index in [1.807, 2.05) is 43.3 Å². The molecule has 0 radical (unpaired) electrons. The number of aryl methyl sites for hydroxylation is 1. The lowest BCUT2D eigenvalue weighted by atomic mass is 10.1. The van der Waals surface area contributed by atoms with Crippen LogP contribution in [0.1, 0.15) is 17.4 Å². The lowest BCUT2D eigenvalue weighted by Crippen LogP contribution is -2.45. The van der Waals surface area contributed by atoms with Gasteiger partial charge in [-0.05, 0) is 24.1 Å². The molecule has 11 nitrogen and oxygen atoms in total. The summed E-state index contributed by atoms with van der Waals surface area (Å²) in [7, 11) is 0. The van der Waals surface area contributed by atoms with E-state index in [0.29, 0.717) is 23.4 Å². The number of fused-ring (bicyclic) bond motifs is 1. The molecule has 4 heterocycles. The Morgan fingerprint density at radius 1 is 1.13 bits per heavy atom. The third kappa shape index (κ3) is 5.67. The van der Waals surface area contributed by atoms with Gasteiger partial charge in [0.25, 0.3) is 5.91 Å². The van der Waals surface area contributed by atoms with Crippen LogP contribution in [-0.4, -0.2) is 71.7 Å². The van der Waals surface area contributed by atoms with E-state index >= 15 is 0 Å². The summed E-state index contributed by atoms with van der Waals surface area (Å²) in [6.45, 7) is 0.667. The number of pyridine rings is 1. The van der Waals surface area contributed by atoms with Crippen molar-refractivity contribution in [2.75, 3.05) is 11.9 Å². The van der Waals surface area contributed by atoms with Crippen LogP contribution in [0.2, 0.25) is 0 Å². The Morgan fingerprint density at radius 2 is 1.90 bits per heavy atom. The van der Waals surface area contributed by atoms with Crippen LogP contribution in [-0.2, 0) is 16.1 Å². The van der Waals surface area contributed by atoms with E-state index in [4.69, 9.17) is 4.74 Å². The predicted octanol–water partition coefficient (Wildman–Crippen LogP) is 2.11. The molecule has 1 aliphatic rings. The number of rotatable bonds is 7. The third-order valence-corrected chi connectivity index (χ3v) is 6.09. The molecule has 0 unspecified atom stereocenters. The predicted molar refractivity (Wildman–Crippen MR) is 132 cm³/mol. The minimum Gasteiger partial charge on any atom is -0.387 e. The van der Waals surface area contributed by atoms with Gasteiger partial charge in [0.05, 0.1) is 6.33 Å². The maximum Gasteiger partial charge on any atom is 0.405 e. The minimum absolute atomic E-state index is 0.199. The van der Waals surface area contributed by atoms with Crippen LogP contribution < -0.4 is 10.6 Å². The Labute approximate surface area is 219 Å². The lowest BCUT2D eigenvalue weighted by molar-refractivity contribution is -0.149. The quantitative estimate of drug-likeness (QED) is 0.275.